The van der Waals surface area contributed by atoms with Crippen molar-refractivity contribution in [2.75, 3.05) is 24.5 Å². The molecule has 1 heterocycles. The zero-order chi connectivity index (χ0) is 14.7. The minimum Gasteiger partial charge on any atom is -0.368 e. The second kappa shape index (κ2) is 6.69. The summed E-state index contributed by atoms with van der Waals surface area (Å²) in [7, 11) is 0. The zero-order valence-corrected chi connectivity index (χ0v) is 14.1. The fourth-order valence-corrected chi connectivity index (χ4v) is 3.25. The molecule has 2 aliphatic rings. The van der Waals surface area contributed by atoms with Crippen molar-refractivity contribution in [2.24, 2.45) is 4.99 Å². The van der Waals surface area contributed by atoms with Gasteiger partial charge in [-0.05, 0) is 54.2 Å². The lowest BCUT2D eigenvalue weighted by Crippen LogP contribution is -2.45. The summed E-state index contributed by atoms with van der Waals surface area (Å²) in [6, 6.07) is 9.55. The Labute approximate surface area is 135 Å². The maximum Gasteiger partial charge on any atom is 0.191 e. The third-order valence-corrected chi connectivity index (χ3v) is 4.63. The van der Waals surface area contributed by atoms with Crippen LogP contribution in [0.2, 0.25) is 0 Å². The molecule has 114 valence electrons. The topological polar surface area (TPSA) is 39.7 Å². The summed E-state index contributed by atoms with van der Waals surface area (Å²) in [5.41, 5.74) is 1.28. The predicted octanol–water partition coefficient (Wildman–Crippen LogP) is 2.75. The minimum atomic E-state index is 0.466. The molecule has 21 heavy (non-hydrogen) atoms. The highest BCUT2D eigenvalue weighted by molar-refractivity contribution is 9.10. The van der Waals surface area contributed by atoms with Crippen molar-refractivity contribution in [2.45, 2.75) is 38.3 Å². The van der Waals surface area contributed by atoms with Crippen LogP contribution in [0.25, 0.3) is 0 Å². The molecule has 3 rings (SSSR count). The van der Waals surface area contributed by atoms with Crippen LogP contribution in [0.3, 0.4) is 0 Å². The molecule has 5 heteroatoms. The second-order valence-corrected chi connectivity index (χ2v) is 6.62. The highest BCUT2D eigenvalue weighted by atomic mass is 79.9. The Morgan fingerprint density at radius 2 is 2.00 bits per heavy atom. The van der Waals surface area contributed by atoms with E-state index in [0.29, 0.717) is 12.1 Å². The Balaban J connectivity index is 1.58. The molecule has 2 N–H and O–H groups in total. The normalized spacial score (nSPS) is 22.5. The smallest absolute Gasteiger partial charge is 0.191 e. The molecule has 1 saturated heterocycles. The summed E-state index contributed by atoms with van der Waals surface area (Å²) in [5.74, 6) is 0.985. The van der Waals surface area contributed by atoms with E-state index < -0.39 is 0 Å². The number of anilines is 1. The first kappa shape index (κ1) is 14.7. The largest absolute Gasteiger partial charge is 0.368 e. The van der Waals surface area contributed by atoms with Crippen molar-refractivity contribution >= 4 is 27.6 Å². The Hall–Kier alpha value is -1.23. The maximum absolute atomic E-state index is 4.55. The standard InChI is InChI=1S/C16H23BrN4/c1-2-18-16(19-12-7-8-12)20-13-9-10-21(11-13)15-6-4-3-5-14(15)17/h3-6,12-13H,2,7-11H2,1H3,(H2,18,19,20). The monoisotopic (exact) mass is 350 g/mol. The van der Waals surface area contributed by atoms with Crippen molar-refractivity contribution < 1.29 is 0 Å². The van der Waals surface area contributed by atoms with Gasteiger partial charge in [-0.15, -0.1) is 0 Å². The van der Waals surface area contributed by atoms with Crippen LogP contribution in [-0.4, -0.2) is 37.7 Å². The summed E-state index contributed by atoms with van der Waals surface area (Å²) < 4.78 is 1.17. The number of para-hydroxylation sites is 1. The van der Waals surface area contributed by atoms with Gasteiger partial charge in [0.25, 0.3) is 0 Å². The molecule has 0 spiro atoms. The molecular weight excluding hydrogens is 328 g/mol. The number of hydrogen-bond donors (Lipinski definition) is 2. The number of rotatable bonds is 4. The van der Waals surface area contributed by atoms with E-state index in [1.54, 1.807) is 0 Å². The van der Waals surface area contributed by atoms with Crippen LogP contribution >= 0.6 is 15.9 Å². The van der Waals surface area contributed by atoms with E-state index in [1.807, 2.05) is 0 Å². The van der Waals surface area contributed by atoms with Crippen LogP contribution in [0, 0.1) is 0 Å². The van der Waals surface area contributed by atoms with Crippen LogP contribution < -0.4 is 15.5 Å². The van der Waals surface area contributed by atoms with Crippen LogP contribution in [-0.2, 0) is 0 Å². The Bertz CT molecular complexity index is 513. The minimum absolute atomic E-state index is 0.466. The molecular formula is C16H23BrN4. The van der Waals surface area contributed by atoms with E-state index in [9.17, 15) is 0 Å². The lowest BCUT2D eigenvalue weighted by atomic mass is 10.3. The van der Waals surface area contributed by atoms with Crippen molar-refractivity contribution in [1.82, 2.24) is 10.6 Å². The first-order valence-corrected chi connectivity index (χ1v) is 8.62. The second-order valence-electron chi connectivity index (χ2n) is 5.77. The van der Waals surface area contributed by atoms with Gasteiger partial charge in [0.15, 0.2) is 5.96 Å². The molecule has 0 amide bonds. The van der Waals surface area contributed by atoms with Gasteiger partial charge < -0.3 is 15.5 Å². The first-order valence-electron chi connectivity index (χ1n) is 7.83. The molecule has 1 unspecified atom stereocenters. The van der Waals surface area contributed by atoms with E-state index in [0.717, 1.165) is 32.0 Å². The van der Waals surface area contributed by atoms with Gasteiger partial charge in [0.2, 0.25) is 0 Å². The molecule has 1 saturated carbocycles. The fourth-order valence-electron chi connectivity index (χ4n) is 2.71. The third kappa shape index (κ3) is 3.90. The molecule has 4 nitrogen and oxygen atoms in total. The molecule has 1 aliphatic carbocycles. The van der Waals surface area contributed by atoms with Gasteiger partial charge in [-0.3, -0.25) is 4.99 Å². The van der Waals surface area contributed by atoms with E-state index in [1.165, 1.54) is 23.0 Å². The SMILES string of the molecule is CCN=C(NC1CC1)NC1CCN(c2ccccc2Br)C1. The van der Waals surface area contributed by atoms with Crippen LogP contribution in [0.4, 0.5) is 5.69 Å². The third-order valence-electron chi connectivity index (χ3n) is 3.96. The highest BCUT2D eigenvalue weighted by Crippen LogP contribution is 2.28. The molecule has 0 bridgehead atoms. The maximum atomic E-state index is 4.55. The predicted molar refractivity (Wildman–Crippen MR) is 92.0 cm³/mol. The highest BCUT2D eigenvalue weighted by Gasteiger charge is 2.27. The van der Waals surface area contributed by atoms with Gasteiger partial charge in [-0.1, -0.05) is 12.1 Å². The van der Waals surface area contributed by atoms with Gasteiger partial charge >= 0.3 is 0 Å². The van der Waals surface area contributed by atoms with Gasteiger partial charge in [-0.25, -0.2) is 0 Å². The number of nitrogens with one attached hydrogen (secondary N) is 2. The average molecular weight is 351 g/mol. The fraction of sp³-hybridized carbons (Fsp3) is 0.562. The number of hydrogen-bond acceptors (Lipinski definition) is 2. The summed E-state index contributed by atoms with van der Waals surface area (Å²) in [6.45, 7) is 5.02. The van der Waals surface area contributed by atoms with Crippen LogP contribution in [0.5, 0.6) is 0 Å². The molecule has 1 aromatic carbocycles. The van der Waals surface area contributed by atoms with Crippen LogP contribution in [0.15, 0.2) is 33.7 Å². The van der Waals surface area contributed by atoms with E-state index in [4.69, 9.17) is 0 Å². The molecule has 1 aliphatic heterocycles. The summed E-state index contributed by atoms with van der Waals surface area (Å²) >= 11 is 3.64. The van der Waals surface area contributed by atoms with E-state index in [-0.39, 0.29) is 0 Å². The average Bonchev–Trinajstić information content (AvgIpc) is 3.16. The molecule has 0 radical (unpaired) electrons. The van der Waals surface area contributed by atoms with Gasteiger partial charge in [-0.2, -0.15) is 0 Å². The molecule has 0 aromatic heterocycles. The van der Waals surface area contributed by atoms with Gasteiger partial charge in [0.1, 0.15) is 0 Å². The van der Waals surface area contributed by atoms with Crippen LogP contribution in [0.1, 0.15) is 26.2 Å². The van der Waals surface area contributed by atoms with Gasteiger partial charge in [0, 0.05) is 36.2 Å². The summed E-state index contributed by atoms with van der Waals surface area (Å²) in [6.07, 6.45) is 3.70. The number of halogens is 1. The molecule has 1 atom stereocenters. The van der Waals surface area contributed by atoms with Crippen molar-refractivity contribution in [1.29, 1.82) is 0 Å². The number of nitrogens with zero attached hydrogens (tertiary/aromatic N) is 2. The van der Waals surface area contributed by atoms with Crippen molar-refractivity contribution in [3.8, 4) is 0 Å². The van der Waals surface area contributed by atoms with E-state index >= 15 is 0 Å². The number of benzene rings is 1. The zero-order valence-electron chi connectivity index (χ0n) is 12.5. The summed E-state index contributed by atoms with van der Waals surface area (Å²) in [5, 5.41) is 7.09. The Morgan fingerprint density at radius 1 is 1.24 bits per heavy atom. The summed E-state index contributed by atoms with van der Waals surface area (Å²) in [4.78, 5) is 6.98. The molecule has 2 fully saturated rings. The van der Waals surface area contributed by atoms with Gasteiger partial charge in [0.05, 0.1) is 5.69 Å². The molecule has 1 aromatic rings. The lowest BCUT2D eigenvalue weighted by molar-refractivity contribution is 0.646. The quantitative estimate of drug-likeness (QED) is 0.647. The first-order chi connectivity index (χ1) is 10.3. The van der Waals surface area contributed by atoms with E-state index in [2.05, 4.69) is 67.6 Å². The number of guanidine groups is 1. The van der Waals surface area contributed by atoms with Crippen molar-refractivity contribution in [3.63, 3.8) is 0 Å². The van der Waals surface area contributed by atoms with Crippen molar-refractivity contribution in [3.05, 3.63) is 28.7 Å². The lowest BCUT2D eigenvalue weighted by Gasteiger charge is -2.21. The Morgan fingerprint density at radius 3 is 2.71 bits per heavy atom. The Kier molecular flexibility index (Phi) is 4.68. The number of aliphatic imine (C=N–C) groups is 1.